The maximum Gasteiger partial charge on any atom is 0.267 e. The Balaban J connectivity index is 1.96. The predicted octanol–water partition coefficient (Wildman–Crippen LogP) is 0.0744. The third-order valence-electron chi connectivity index (χ3n) is 3.53. The summed E-state index contributed by atoms with van der Waals surface area (Å²) in [7, 11) is 0. The second kappa shape index (κ2) is 4.92. The average molecular weight is 306 g/mol. The highest BCUT2D eigenvalue weighted by Crippen LogP contribution is 2.26. The molecule has 0 atom stereocenters. The SMILES string of the molecule is CC1(C)C(=O)NCCN1C(=O)c1sccc1-n1cnnn1. The Kier molecular flexibility index (Phi) is 3.20. The zero-order valence-corrected chi connectivity index (χ0v) is 12.4. The summed E-state index contributed by atoms with van der Waals surface area (Å²) in [5, 5.41) is 15.6. The van der Waals surface area contributed by atoms with Crippen LogP contribution in [0.3, 0.4) is 0 Å². The third kappa shape index (κ3) is 2.19. The minimum absolute atomic E-state index is 0.150. The van der Waals surface area contributed by atoms with Crippen LogP contribution in [0.1, 0.15) is 23.5 Å². The standard InChI is InChI=1S/C12H14N6O2S/c1-12(2)11(20)13-4-5-17(12)10(19)9-8(3-6-21-9)18-7-14-15-16-18/h3,6-7H,4-5H2,1-2H3,(H,13,20). The Morgan fingerprint density at radius 3 is 3.00 bits per heavy atom. The van der Waals surface area contributed by atoms with E-state index in [4.69, 9.17) is 0 Å². The van der Waals surface area contributed by atoms with E-state index in [1.54, 1.807) is 30.2 Å². The van der Waals surface area contributed by atoms with Crippen LogP contribution >= 0.6 is 11.3 Å². The molecular formula is C12H14N6O2S. The quantitative estimate of drug-likeness (QED) is 0.848. The molecule has 1 N–H and O–H groups in total. The van der Waals surface area contributed by atoms with Crippen LogP contribution in [0.25, 0.3) is 5.69 Å². The predicted molar refractivity (Wildman–Crippen MR) is 75.2 cm³/mol. The van der Waals surface area contributed by atoms with Gasteiger partial charge in [0.15, 0.2) is 0 Å². The summed E-state index contributed by atoms with van der Waals surface area (Å²) in [5.41, 5.74) is -0.256. The van der Waals surface area contributed by atoms with Crippen molar-refractivity contribution in [2.24, 2.45) is 0 Å². The fourth-order valence-corrected chi connectivity index (χ4v) is 3.12. The van der Waals surface area contributed by atoms with Crippen molar-refractivity contribution in [2.75, 3.05) is 13.1 Å². The van der Waals surface area contributed by atoms with Gasteiger partial charge in [0, 0.05) is 13.1 Å². The van der Waals surface area contributed by atoms with Gasteiger partial charge in [0.1, 0.15) is 16.7 Å². The normalized spacial score (nSPS) is 17.6. The minimum Gasteiger partial charge on any atom is -0.352 e. The smallest absolute Gasteiger partial charge is 0.267 e. The molecule has 1 aliphatic rings. The lowest BCUT2D eigenvalue weighted by Crippen LogP contribution is -2.63. The molecule has 0 bridgehead atoms. The summed E-state index contributed by atoms with van der Waals surface area (Å²) >= 11 is 1.31. The summed E-state index contributed by atoms with van der Waals surface area (Å²) in [6.45, 7) is 4.41. The number of hydrogen-bond donors (Lipinski definition) is 1. The van der Waals surface area contributed by atoms with E-state index in [2.05, 4.69) is 20.8 Å². The van der Waals surface area contributed by atoms with Gasteiger partial charge in [-0.15, -0.1) is 16.4 Å². The highest BCUT2D eigenvalue weighted by atomic mass is 32.1. The molecule has 1 fully saturated rings. The van der Waals surface area contributed by atoms with E-state index in [0.29, 0.717) is 23.7 Å². The first kappa shape index (κ1) is 13.7. The minimum atomic E-state index is -0.878. The summed E-state index contributed by atoms with van der Waals surface area (Å²) in [6.07, 6.45) is 1.44. The van der Waals surface area contributed by atoms with Crippen LogP contribution in [0.5, 0.6) is 0 Å². The maximum absolute atomic E-state index is 12.8. The zero-order valence-electron chi connectivity index (χ0n) is 11.6. The van der Waals surface area contributed by atoms with Gasteiger partial charge < -0.3 is 10.2 Å². The van der Waals surface area contributed by atoms with E-state index in [9.17, 15) is 9.59 Å². The number of hydrogen-bond acceptors (Lipinski definition) is 6. The van der Waals surface area contributed by atoms with Crippen molar-refractivity contribution in [3.05, 3.63) is 22.7 Å². The number of carbonyl (C=O) groups is 2. The van der Waals surface area contributed by atoms with Crippen molar-refractivity contribution in [1.82, 2.24) is 30.4 Å². The second-order valence-corrected chi connectivity index (χ2v) is 6.08. The van der Waals surface area contributed by atoms with Gasteiger partial charge in [-0.25, -0.2) is 0 Å². The van der Waals surface area contributed by atoms with Crippen LogP contribution in [0.4, 0.5) is 0 Å². The molecule has 9 heteroatoms. The van der Waals surface area contributed by atoms with Crippen molar-refractivity contribution < 1.29 is 9.59 Å². The number of amides is 2. The van der Waals surface area contributed by atoms with Gasteiger partial charge in [0.2, 0.25) is 5.91 Å². The monoisotopic (exact) mass is 306 g/mol. The fourth-order valence-electron chi connectivity index (χ4n) is 2.29. The van der Waals surface area contributed by atoms with Gasteiger partial charge in [-0.2, -0.15) is 4.68 Å². The van der Waals surface area contributed by atoms with E-state index < -0.39 is 5.54 Å². The number of nitrogens with zero attached hydrogens (tertiary/aromatic N) is 5. The van der Waals surface area contributed by atoms with Gasteiger partial charge in [0.25, 0.3) is 5.91 Å². The largest absolute Gasteiger partial charge is 0.352 e. The molecule has 3 heterocycles. The Morgan fingerprint density at radius 1 is 1.48 bits per heavy atom. The lowest BCUT2D eigenvalue weighted by atomic mass is 9.98. The molecule has 0 aromatic carbocycles. The van der Waals surface area contributed by atoms with E-state index in [0.717, 1.165) is 0 Å². The summed E-state index contributed by atoms with van der Waals surface area (Å²) in [5.74, 6) is -0.335. The Labute approximate surface area is 124 Å². The van der Waals surface area contributed by atoms with Crippen LogP contribution in [-0.4, -0.2) is 55.5 Å². The molecule has 0 spiro atoms. The van der Waals surface area contributed by atoms with Crippen LogP contribution in [0.2, 0.25) is 0 Å². The summed E-state index contributed by atoms with van der Waals surface area (Å²) in [4.78, 5) is 26.9. The molecule has 3 rings (SSSR count). The molecule has 0 radical (unpaired) electrons. The van der Waals surface area contributed by atoms with E-state index >= 15 is 0 Å². The second-order valence-electron chi connectivity index (χ2n) is 5.16. The molecule has 110 valence electrons. The number of tetrazole rings is 1. The molecule has 2 aromatic rings. The van der Waals surface area contributed by atoms with Crippen molar-refractivity contribution in [1.29, 1.82) is 0 Å². The van der Waals surface area contributed by atoms with Crippen molar-refractivity contribution >= 4 is 23.2 Å². The van der Waals surface area contributed by atoms with Gasteiger partial charge >= 0.3 is 0 Å². The molecule has 0 unspecified atom stereocenters. The van der Waals surface area contributed by atoms with E-state index in [1.165, 1.54) is 22.3 Å². The fraction of sp³-hybridized carbons (Fsp3) is 0.417. The highest BCUT2D eigenvalue weighted by Gasteiger charge is 2.41. The zero-order chi connectivity index (χ0) is 15.0. The Morgan fingerprint density at radius 2 is 2.29 bits per heavy atom. The number of carbonyl (C=O) groups excluding carboxylic acids is 2. The molecule has 2 amide bonds. The number of thiophene rings is 1. The van der Waals surface area contributed by atoms with Gasteiger partial charge in [-0.1, -0.05) is 0 Å². The van der Waals surface area contributed by atoms with Crippen LogP contribution in [0, 0.1) is 0 Å². The van der Waals surface area contributed by atoms with Crippen LogP contribution < -0.4 is 5.32 Å². The molecule has 21 heavy (non-hydrogen) atoms. The Bertz CT molecular complexity index is 678. The highest BCUT2D eigenvalue weighted by molar-refractivity contribution is 7.12. The van der Waals surface area contributed by atoms with Gasteiger partial charge in [-0.05, 0) is 35.7 Å². The van der Waals surface area contributed by atoms with Crippen molar-refractivity contribution in [3.8, 4) is 5.69 Å². The summed E-state index contributed by atoms with van der Waals surface area (Å²) < 4.78 is 1.45. The summed E-state index contributed by atoms with van der Waals surface area (Å²) in [6, 6.07) is 1.78. The van der Waals surface area contributed by atoms with Gasteiger partial charge in [-0.3, -0.25) is 9.59 Å². The molecule has 8 nitrogen and oxygen atoms in total. The lowest BCUT2D eigenvalue weighted by molar-refractivity contribution is -0.133. The molecular weight excluding hydrogens is 292 g/mol. The first-order chi connectivity index (χ1) is 10.0. The number of piperazine rings is 1. The van der Waals surface area contributed by atoms with Crippen molar-refractivity contribution in [3.63, 3.8) is 0 Å². The average Bonchev–Trinajstić information content (AvgIpc) is 3.10. The Hall–Kier alpha value is -2.29. The van der Waals surface area contributed by atoms with E-state index in [-0.39, 0.29) is 11.8 Å². The van der Waals surface area contributed by atoms with Crippen molar-refractivity contribution in [2.45, 2.75) is 19.4 Å². The molecule has 0 saturated carbocycles. The number of rotatable bonds is 2. The maximum atomic E-state index is 12.8. The first-order valence-corrected chi connectivity index (χ1v) is 7.31. The van der Waals surface area contributed by atoms with Crippen LogP contribution in [0.15, 0.2) is 17.8 Å². The van der Waals surface area contributed by atoms with Crippen LogP contribution in [-0.2, 0) is 4.79 Å². The molecule has 0 aliphatic carbocycles. The number of aromatic nitrogens is 4. The topological polar surface area (TPSA) is 93.0 Å². The third-order valence-corrected chi connectivity index (χ3v) is 4.42. The molecule has 1 aliphatic heterocycles. The van der Waals surface area contributed by atoms with Gasteiger partial charge in [0.05, 0.1) is 5.69 Å². The lowest BCUT2D eigenvalue weighted by Gasteiger charge is -2.41. The molecule has 1 saturated heterocycles. The first-order valence-electron chi connectivity index (χ1n) is 6.43. The van der Waals surface area contributed by atoms with E-state index in [1.807, 2.05) is 0 Å². The number of nitrogens with one attached hydrogen (secondary N) is 1. The molecule has 2 aromatic heterocycles.